The number of hydrogen-bond acceptors (Lipinski definition) is 4. The van der Waals surface area contributed by atoms with Gasteiger partial charge in [0.15, 0.2) is 6.39 Å². The van der Waals surface area contributed by atoms with E-state index in [-0.39, 0.29) is 0 Å². The second kappa shape index (κ2) is 4.59. The van der Waals surface area contributed by atoms with Gasteiger partial charge in [-0.2, -0.15) is 0 Å². The number of aryl methyl sites for hydroxylation is 2. The summed E-state index contributed by atoms with van der Waals surface area (Å²) in [5.74, 6) is 0.875. The van der Waals surface area contributed by atoms with E-state index in [1.54, 1.807) is 6.20 Å². The summed E-state index contributed by atoms with van der Waals surface area (Å²) in [7, 11) is 0. The number of oxazole rings is 1. The van der Waals surface area contributed by atoms with Crippen LogP contribution in [0.5, 0.6) is 0 Å². The van der Waals surface area contributed by atoms with Gasteiger partial charge in [-0.15, -0.1) is 11.3 Å². The summed E-state index contributed by atoms with van der Waals surface area (Å²) in [5, 5.41) is 3.32. The fourth-order valence-corrected chi connectivity index (χ4v) is 2.40. The van der Waals surface area contributed by atoms with E-state index in [2.05, 4.69) is 30.2 Å². The van der Waals surface area contributed by atoms with Gasteiger partial charge in [0, 0.05) is 16.3 Å². The highest BCUT2D eigenvalue weighted by Gasteiger charge is 2.01. The third kappa shape index (κ3) is 2.67. The minimum Gasteiger partial charge on any atom is -0.447 e. The Balaban J connectivity index is 1.83. The van der Waals surface area contributed by atoms with Crippen LogP contribution in [0, 0.1) is 13.8 Å². The molecular weight excluding hydrogens is 208 g/mol. The molecule has 1 N–H and O–H groups in total. The average molecular weight is 222 g/mol. The molecule has 80 valence electrons. The third-order valence-corrected chi connectivity index (χ3v) is 3.45. The zero-order valence-electron chi connectivity index (χ0n) is 8.91. The molecule has 0 radical (unpaired) electrons. The van der Waals surface area contributed by atoms with E-state index in [9.17, 15) is 0 Å². The Bertz CT molecular complexity index is 400. The van der Waals surface area contributed by atoms with Gasteiger partial charge in [0.05, 0.1) is 12.7 Å². The number of rotatable bonds is 4. The summed E-state index contributed by atoms with van der Waals surface area (Å²) >= 11 is 1.84. The SMILES string of the molecule is Cc1cc(CNCc2cnco2)sc1C. The minimum absolute atomic E-state index is 0.732. The number of thiophene rings is 1. The van der Waals surface area contributed by atoms with Crippen molar-refractivity contribution >= 4 is 11.3 Å². The molecule has 2 rings (SSSR count). The Morgan fingerprint density at radius 2 is 2.27 bits per heavy atom. The van der Waals surface area contributed by atoms with Crippen molar-refractivity contribution < 1.29 is 4.42 Å². The molecule has 2 aromatic rings. The topological polar surface area (TPSA) is 38.1 Å². The molecule has 15 heavy (non-hydrogen) atoms. The zero-order chi connectivity index (χ0) is 10.7. The molecule has 0 atom stereocenters. The van der Waals surface area contributed by atoms with Crippen LogP contribution in [0.4, 0.5) is 0 Å². The van der Waals surface area contributed by atoms with E-state index in [4.69, 9.17) is 4.42 Å². The monoisotopic (exact) mass is 222 g/mol. The molecule has 0 aromatic carbocycles. The Morgan fingerprint density at radius 3 is 2.87 bits per heavy atom. The highest BCUT2D eigenvalue weighted by atomic mass is 32.1. The fourth-order valence-electron chi connectivity index (χ4n) is 1.38. The first-order valence-electron chi connectivity index (χ1n) is 4.89. The summed E-state index contributed by atoms with van der Waals surface area (Å²) in [6.07, 6.45) is 3.19. The molecule has 0 saturated carbocycles. The van der Waals surface area contributed by atoms with Gasteiger partial charge in [-0.05, 0) is 25.5 Å². The van der Waals surface area contributed by atoms with Gasteiger partial charge in [0.25, 0.3) is 0 Å². The van der Waals surface area contributed by atoms with Gasteiger partial charge in [-0.3, -0.25) is 0 Å². The molecule has 0 spiro atoms. The second-order valence-corrected chi connectivity index (χ2v) is 4.86. The summed E-state index contributed by atoms with van der Waals surface area (Å²) < 4.78 is 5.13. The third-order valence-electron chi connectivity index (χ3n) is 2.30. The number of nitrogens with one attached hydrogen (secondary N) is 1. The Morgan fingerprint density at radius 1 is 1.40 bits per heavy atom. The van der Waals surface area contributed by atoms with Gasteiger partial charge in [0.1, 0.15) is 5.76 Å². The molecule has 4 heteroatoms. The molecule has 0 bridgehead atoms. The smallest absolute Gasteiger partial charge is 0.180 e. The standard InChI is InChI=1S/C11H14N2OS/c1-8-3-11(15-9(8)2)6-12-4-10-5-13-7-14-10/h3,5,7,12H,4,6H2,1-2H3. The Hall–Kier alpha value is -1.13. The molecule has 0 aliphatic carbocycles. The molecular formula is C11H14N2OS. The van der Waals surface area contributed by atoms with Gasteiger partial charge in [0.2, 0.25) is 0 Å². The molecule has 0 fully saturated rings. The number of nitrogens with zero attached hydrogens (tertiary/aromatic N) is 1. The van der Waals surface area contributed by atoms with Gasteiger partial charge in [-0.25, -0.2) is 4.98 Å². The van der Waals surface area contributed by atoms with Crippen LogP contribution in [-0.4, -0.2) is 4.98 Å². The molecule has 0 aliphatic rings. The van der Waals surface area contributed by atoms with Gasteiger partial charge >= 0.3 is 0 Å². The van der Waals surface area contributed by atoms with E-state index in [1.807, 2.05) is 11.3 Å². The van der Waals surface area contributed by atoms with Crippen LogP contribution in [0.2, 0.25) is 0 Å². The summed E-state index contributed by atoms with van der Waals surface area (Å²) in [6.45, 7) is 5.92. The summed E-state index contributed by atoms with van der Waals surface area (Å²) in [4.78, 5) is 6.62. The van der Waals surface area contributed by atoms with Crippen molar-refractivity contribution in [3.8, 4) is 0 Å². The maximum atomic E-state index is 5.13. The van der Waals surface area contributed by atoms with Gasteiger partial charge in [-0.1, -0.05) is 0 Å². The summed E-state index contributed by atoms with van der Waals surface area (Å²) in [5.41, 5.74) is 1.37. The lowest BCUT2D eigenvalue weighted by molar-refractivity contribution is 0.479. The van der Waals surface area contributed by atoms with Crippen LogP contribution >= 0.6 is 11.3 Å². The van der Waals surface area contributed by atoms with E-state index < -0.39 is 0 Å². The molecule has 0 saturated heterocycles. The lowest BCUT2D eigenvalue weighted by atomic mass is 10.3. The van der Waals surface area contributed by atoms with Crippen LogP contribution in [0.25, 0.3) is 0 Å². The highest BCUT2D eigenvalue weighted by molar-refractivity contribution is 7.12. The molecule has 0 amide bonds. The quantitative estimate of drug-likeness (QED) is 0.864. The number of hydrogen-bond donors (Lipinski definition) is 1. The zero-order valence-corrected chi connectivity index (χ0v) is 9.73. The van der Waals surface area contributed by atoms with Crippen LogP contribution in [0.1, 0.15) is 21.1 Å². The molecule has 2 heterocycles. The van der Waals surface area contributed by atoms with Crippen molar-refractivity contribution in [2.75, 3.05) is 0 Å². The number of aromatic nitrogens is 1. The van der Waals surface area contributed by atoms with Crippen molar-refractivity contribution in [2.45, 2.75) is 26.9 Å². The van der Waals surface area contributed by atoms with Crippen LogP contribution in [-0.2, 0) is 13.1 Å². The predicted octanol–water partition coefficient (Wildman–Crippen LogP) is 2.64. The van der Waals surface area contributed by atoms with E-state index >= 15 is 0 Å². The first-order valence-corrected chi connectivity index (χ1v) is 5.71. The van der Waals surface area contributed by atoms with E-state index in [0.29, 0.717) is 0 Å². The molecule has 0 aliphatic heterocycles. The van der Waals surface area contributed by atoms with E-state index in [1.165, 1.54) is 21.7 Å². The maximum absolute atomic E-state index is 5.13. The fraction of sp³-hybridized carbons (Fsp3) is 0.364. The largest absolute Gasteiger partial charge is 0.447 e. The Kier molecular flexibility index (Phi) is 3.18. The lowest BCUT2D eigenvalue weighted by Crippen LogP contribution is -2.10. The van der Waals surface area contributed by atoms with Crippen LogP contribution < -0.4 is 5.32 Å². The lowest BCUT2D eigenvalue weighted by Gasteiger charge is -1.98. The normalized spacial score (nSPS) is 10.8. The van der Waals surface area contributed by atoms with Crippen molar-refractivity contribution in [3.63, 3.8) is 0 Å². The molecule has 3 nitrogen and oxygen atoms in total. The van der Waals surface area contributed by atoms with Gasteiger partial charge < -0.3 is 9.73 Å². The maximum Gasteiger partial charge on any atom is 0.180 e. The average Bonchev–Trinajstić information content (AvgIpc) is 2.79. The predicted molar refractivity (Wildman–Crippen MR) is 60.8 cm³/mol. The van der Waals surface area contributed by atoms with Crippen molar-refractivity contribution in [1.29, 1.82) is 0 Å². The molecule has 2 aromatic heterocycles. The first-order chi connectivity index (χ1) is 7.25. The van der Waals surface area contributed by atoms with Crippen LogP contribution in [0.15, 0.2) is 23.1 Å². The van der Waals surface area contributed by atoms with Crippen molar-refractivity contribution in [3.05, 3.63) is 39.7 Å². The van der Waals surface area contributed by atoms with Crippen molar-refractivity contribution in [2.24, 2.45) is 0 Å². The Labute approximate surface area is 93.2 Å². The molecule has 0 unspecified atom stereocenters. The van der Waals surface area contributed by atoms with Crippen molar-refractivity contribution in [1.82, 2.24) is 10.3 Å². The first kappa shape index (κ1) is 10.4. The highest BCUT2D eigenvalue weighted by Crippen LogP contribution is 2.20. The second-order valence-electron chi connectivity index (χ2n) is 3.52. The summed E-state index contributed by atoms with van der Waals surface area (Å²) in [6, 6.07) is 2.23. The van der Waals surface area contributed by atoms with Crippen LogP contribution in [0.3, 0.4) is 0 Å². The van der Waals surface area contributed by atoms with E-state index in [0.717, 1.165) is 18.8 Å². The minimum atomic E-state index is 0.732.